The van der Waals surface area contributed by atoms with Gasteiger partial charge in [-0.1, -0.05) is 30.4 Å². The van der Waals surface area contributed by atoms with Crippen molar-refractivity contribution in [1.29, 1.82) is 0 Å². The molecule has 0 atom stereocenters. The second kappa shape index (κ2) is 9.46. The molecule has 182 valence electrons. The minimum absolute atomic E-state index is 0.404. The maximum Gasteiger partial charge on any atom is 0.248 e. The number of hydrogen-bond donors (Lipinski definition) is 1. The van der Waals surface area contributed by atoms with Crippen molar-refractivity contribution in [2.75, 3.05) is 4.90 Å². The summed E-state index contributed by atoms with van der Waals surface area (Å²) in [4.78, 5) is 23.2. The number of hydrogen-bond acceptors (Lipinski definition) is 7. The number of primary amides is 1. The van der Waals surface area contributed by atoms with Crippen LogP contribution in [0.25, 0.3) is 28.0 Å². The molecule has 1 aliphatic heterocycles. The number of rotatable bonds is 6. The molecule has 0 saturated carbocycles. The molecule has 4 heterocycles. The summed E-state index contributed by atoms with van der Waals surface area (Å²) >= 11 is 0. The van der Waals surface area contributed by atoms with Crippen LogP contribution in [0.3, 0.4) is 0 Å². The molecular formula is C28H22N6O3. The molecule has 0 saturated heterocycles. The average molecular weight is 491 g/mol. The van der Waals surface area contributed by atoms with Crippen LogP contribution in [0.4, 0.5) is 5.95 Å². The molecule has 0 unspecified atom stereocenters. The number of nitrogens with zero attached hydrogens (tertiary/aromatic N) is 5. The van der Waals surface area contributed by atoms with Crippen LogP contribution in [0.5, 0.6) is 0 Å². The number of allylic oxidation sites excluding steroid dienone is 4. The van der Waals surface area contributed by atoms with Crippen LogP contribution >= 0.6 is 0 Å². The van der Waals surface area contributed by atoms with E-state index < -0.39 is 5.91 Å². The lowest BCUT2D eigenvalue weighted by Gasteiger charge is -2.28. The van der Waals surface area contributed by atoms with E-state index in [1.54, 1.807) is 28.9 Å². The highest BCUT2D eigenvalue weighted by Crippen LogP contribution is 2.36. The monoisotopic (exact) mass is 490 g/mol. The van der Waals surface area contributed by atoms with E-state index in [1.807, 2.05) is 53.6 Å². The van der Waals surface area contributed by atoms with Crippen LogP contribution in [0, 0.1) is 0 Å². The molecule has 3 aromatic heterocycles. The minimum atomic E-state index is -0.501. The first-order chi connectivity index (χ1) is 18.2. The fraction of sp³-hybridized carbons (Fsp3) is 0.0714. The molecule has 0 radical (unpaired) electrons. The lowest BCUT2D eigenvalue weighted by atomic mass is 10.0. The Morgan fingerprint density at radius 3 is 2.86 bits per heavy atom. The number of carbonyl (C=O) groups is 1. The Morgan fingerprint density at radius 2 is 2.05 bits per heavy atom. The number of aromatic nitrogens is 4. The van der Waals surface area contributed by atoms with Gasteiger partial charge in [-0.3, -0.25) is 4.79 Å². The van der Waals surface area contributed by atoms with Gasteiger partial charge in [-0.2, -0.15) is 5.10 Å². The first kappa shape index (κ1) is 22.3. The van der Waals surface area contributed by atoms with E-state index in [9.17, 15) is 4.79 Å². The third-order valence-corrected chi connectivity index (χ3v) is 6.05. The Kier molecular flexibility index (Phi) is 5.70. The van der Waals surface area contributed by atoms with Crippen molar-refractivity contribution in [3.63, 3.8) is 0 Å². The highest BCUT2D eigenvalue weighted by atomic mass is 16.5. The number of ether oxygens (including phenoxy) is 2. The van der Waals surface area contributed by atoms with Gasteiger partial charge in [0.1, 0.15) is 18.2 Å². The summed E-state index contributed by atoms with van der Waals surface area (Å²) in [6, 6.07) is 14.8. The minimum Gasteiger partial charge on any atom is -0.464 e. The van der Waals surface area contributed by atoms with Gasteiger partial charge in [0, 0.05) is 29.2 Å². The Hall–Kier alpha value is -5.18. The molecule has 4 aromatic rings. The predicted octanol–water partition coefficient (Wildman–Crippen LogP) is 4.91. The Bertz CT molecular complexity index is 1630. The molecule has 9 nitrogen and oxygen atoms in total. The summed E-state index contributed by atoms with van der Waals surface area (Å²) in [6.45, 7) is 0. The molecule has 0 bridgehead atoms. The van der Waals surface area contributed by atoms with Gasteiger partial charge in [0.25, 0.3) is 0 Å². The van der Waals surface area contributed by atoms with Crippen LogP contribution in [0.2, 0.25) is 0 Å². The number of anilines is 1. The fourth-order valence-corrected chi connectivity index (χ4v) is 4.37. The predicted molar refractivity (Wildman–Crippen MR) is 139 cm³/mol. The molecule has 2 N–H and O–H groups in total. The Labute approximate surface area is 212 Å². The van der Waals surface area contributed by atoms with Gasteiger partial charge in [-0.15, -0.1) is 0 Å². The number of fused-ring (bicyclic) bond motifs is 1. The molecule has 1 amide bonds. The quantitative estimate of drug-likeness (QED) is 0.409. The van der Waals surface area contributed by atoms with Crippen LogP contribution in [-0.2, 0) is 9.47 Å². The fourth-order valence-electron chi connectivity index (χ4n) is 4.37. The Morgan fingerprint density at radius 1 is 1.11 bits per heavy atom. The molecule has 1 aromatic carbocycles. The molecule has 0 fully saturated rings. The van der Waals surface area contributed by atoms with E-state index >= 15 is 0 Å². The van der Waals surface area contributed by atoms with E-state index in [0.29, 0.717) is 28.8 Å². The molecular weight excluding hydrogens is 468 g/mol. The second-order valence-electron chi connectivity index (χ2n) is 8.38. The van der Waals surface area contributed by atoms with Crippen molar-refractivity contribution in [2.24, 2.45) is 5.73 Å². The van der Waals surface area contributed by atoms with Gasteiger partial charge >= 0.3 is 0 Å². The van der Waals surface area contributed by atoms with Crippen molar-refractivity contribution >= 4 is 17.4 Å². The van der Waals surface area contributed by atoms with Crippen molar-refractivity contribution < 1.29 is 14.3 Å². The first-order valence-electron chi connectivity index (χ1n) is 11.7. The number of amides is 1. The van der Waals surface area contributed by atoms with E-state index in [1.165, 1.54) is 18.8 Å². The van der Waals surface area contributed by atoms with Gasteiger partial charge in [0.05, 0.1) is 16.8 Å². The van der Waals surface area contributed by atoms with Gasteiger partial charge in [-0.25, -0.2) is 19.4 Å². The normalized spacial score (nSPS) is 14.5. The summed E-state index contributed by atoms with van der Waals surface area (Å²) in [7, 11) is 0. The third kappa shape index (κ3) is 4.23. The number of carbonyl (C=O) groups excluding carboxylic acids is 1. The lowest BCUT2D eigenvalue weighted by Crippen LogP contribution is -2.26. The maximum atomic E-state index is 11.9. The van der Waals surface area contributed by atoms with Crippen LogP contribution < -0.4 is 10.6 Å². The molecule has 2 aliphatic rings. The van der Waals surface area contributed by atoms with Crippen LogP contribution in [0.15, 0.2) is 110 Å². The molecule has 37 heavy (non-hydrogen) atoms. The molecule has 9 heteroatoms. The highest BCUT2D eigenvalue weighted by molar-refractivity contribution is 5.96. The van der Waals surface area contributed by atoms with Gasteiger partial charge in [0.2, 0.25) is 17.7 Å². The molecule has 6 rings (SSSR count). The summed E-state index contributed by atoms with van der Waals surface area (Å²) < 4.78 is 12.9. The van der Waals surface area contributed by atoms with Gasteiger partial charge in [0.15, 0.2) is 6.26 Å². The first-order valence-corrected chi connectivity index (χ1v) is 11.7. The zero-order valence-corrected chi connectivity index (χ0v) is 19.7. The Balaban J connectivity index is 1.52. The third-order valence-electron chi connectivity index (χ3n) is 6.05. The van der Waals surface area contributed by atoms with Crippen LogP contribution in [0.1, 0.15) is 23.2 Å². The standard InChI is InChI=1S/C28H22N6O3/c29-27(35)20-8-6-7-19(17-20)26-25(23-11-4-5-14-33(23)32-26)22-12-13-30-28(31-22)34(21-9-2-1-3-10-21)24-18-36-15-16-37-24/h1-2,4-9,11-18H,3,10H2,(H2,29,35). The second-order valence-corrected chi connectivity index (χ2v) is 8.38. The van der Waals surface area contributed by atoms with E-state index in [-0.39, 0.29) is 0 Å². The number of pyridine rings is 1. The van der Waals surface area contributed by atoms with E-state index in [2.05, 4.69) is 11.1 Å². The summed E-state index contributed by atoms with van der Waals surface area (Å²) in [5.74, 6) is 0.380. The molecule has 1 aliphatic carbocycles. The number of nitrogens with two attached hydrogens (primary N) is 1. The van der Waals surface area contributed by atoms with Crippen molar-refractivity contribution in [2.45, 2.75) is 12.8 Å². The lowest BCUT2D eigenvalue weighted by molar-refractivity contribution is 0.100. The smallest absolute Gasteiger partial charge is 0.248 e. The summed E-state index contributed by atoms with van der Waals surface area (Å²) in [5, 5.41) is 4.82. The van der Waals surface area contributed by atoms with Gasteiger partial charge < -0.3 is 15.2 Å². The van der Waals surface area contributed by atoms with E-state index in [0.717, 1.165) is 35.2 Å². The zero-order chi connectivity index (χ0) is 25.2. The topological polar surface area (TPSA) is 108 Å². The van der Waals surface area contributed by atoms with Crippen LogP contribution in [-0.4, -0.2) is 25.5 Å². The largest absolute Gasteiger partial charge is 0.464 e. The van der Waals surface area contributed by atoms with Crippen molar-refractivity contribution in [3.8, 4) is 22.5 Å². The van der Waals surface area contributed by atoms with Gasteiger partial charge in [-0.05, 0) is 49.2 Å². The molecule has 0 spiro atoms. The zero-order valence-electron chi connectivity index (χ0n) is 19.7. The van der Waals surface area contributed by atoms with Crippen molar-refractivity contribution in [1.82, 2.24) is 19.6 Å². The SMILES string of the molecule is NC(=O)c1cccc(-c2nn3ccccc3c2-c2ccnc(N(C3=CC=CCC3)C3=COC=CO3)n2)c1. The summed E-state index contributed by atoms with van der Waals surface area (Å²) in [6.07, 6.45) is 15.8. The highest BCUT2D eigenvalue weighted by Gasteiger charge is 2.25. The van der Waals surface area contributed by atoms with Crippen molar-refractivity contribution in [3.05, 3.63) is 115 Å². The van der Waals surface area contributed by atoms with E-state index in [4.69, 9.17) is 25.3 Å². The average Bonchev–Trinajstić information content (AvgIpc) is 3.34. The summed E-state index contributed by atoms with van der Waals surface area (Å²) in [5.41, 5.74) is 10.7. The number of benzene rings is 1. The maximum absolute atomic E-state index is 11.9.